The van der Waals surface area contributed by atoms with Gasteiger partial charge < -0.3 is 14.4 Å². The fourth-order valence-electron chi connectivity index (χ4n) is 4.16. The van der Waals surface area contributed by atoms with Crippen molar-refractivity contribution in [3.05, 3.63) is 71.8 Å². The summed E-state index contributed by atoms with van der Waals surface area (Å²) in [6, 6.07) is 20.3. The summed E-state index contributed by atoms with van der Waals surface area (Å²) in [6.45, 7) is 8.24. The van der Waals surface area contributed by atoms with Gasteiger partial charge in [-0.3, -0.25) is 4.79 Å². The molecule has 0 bridgehead atoms. The topological polar surface area (TPSA) is 38.8 Å². The number of hydrogen-bond acceptors (Lipinski definition) is 3. The molecule has 0 spiro atoms. The normalized spacial score (nSPS) is 20.4. The van der Waals surface area contributed by atoms with E-state index in [4.69, 9.17) is 9.47 Å². The first-order valence-corrected chi connectivity index (χ1v) is 10.2. The minimum absolute atomic E-state index is 0.104. The summed E-state index contributed by atoms with van der Waals surface area (Å²) >= 11 is 0. The van der Waals surface area contributed by atoms with Crippen molar-refractivity contribution in [3.8, 4) is 0 Å². The highest BCUT2D eigenvalue weighted by Gasteiger charge is 2.59. The van der Waals surface area contributed by atoms with Crippen LogP contribution in [0, 0.1) is 11.8 Å². The van der Waals surface area contributed by atoms with Crippen molar-refractivity contribution in [1.82, 2.24) is 4.90 Å². The van der Waals surface area contributed by atoms with E-state index in [1.54, 1.807) is 0 Å². The Balaban J connectivity index is 1.85. The molecule has 1 saturated carbocycles. The highest BCUT2D eigenvalue weighted by molar-refractivity contribution is 5.81. The number of ether oxygens (including phenoxy) is 2. The van der Waals surface area contributed by atoms with Crippen molar-refractivity contribution in [2.24, 2.45) is 11.8 Å². The molecule has 0 saturated heterocycles. The molecule has 0 N–H and O–H groups in total. The van der Waals surface area contributed by atoms with Crippen molar-refractivity contribution in [3.63, 3.8) is 0 Å². The quantitative estimate of drug-likeness (QED) is 0.594. The van der Waals surface area contributed by atoms with Gasteiger partial charge in [0.15, 0.2) is 5.79 Å². The van der Waals surface area contributed by atoms with Crippen LogP contribution in [0.1, 0.15) is 38.3 Å². The average molecular weight is 382 g/mol. The number of carbonyl (C=O) groups excluding carboxylic acids is 1. The maximum Gasteiger partial charge on any atom is 0.231 e. The van der Waals surface area contributed by atoms with Crippen molar-refractivity contribution in [2.75, 3.05) is 13.2 Å². The Morgan fingerprint density at radius 1 is 0.929 bits per heavy atom. The monoisotopic (exact) mass is 381 g/mol. The Morgan fingerprint density at radius 2 is 1.39 bits per heavy atom. The lowest BCUT2D eigenvalue weighted by molar-refractivity contribution is -0.331. The fourth-order valence-corrected chi connectivity index (χ4v) is 4.16. The molecule has 0 radical (unpaired) electrons. The Hall–Kier alpha value is -2.17. The Morgan fingerprint density at radius 3 is 1.79 bits per heavy atom. The molecule has 2 aromatic rings. The molecule has 2 aromatic carbocycles. The molecule has 1 fully saturated rings. The molecule has 1 aliphatic rings. The van der Waals surface area contributed by atoms with Gasteiger partial charge in [0.05, 0.1) is 5.92 Å². The summed E-state index contributed by atoms with van der Waals surface area (Å²) in [7, 11) is 0. The van der Waals surface area contributed by atoms with Gasteiger partial charge in [-0.1, -0.05) is 67.6 Å². The number of carbonyl (C=O) groups is 1. The smallest absolute Gasteiger partial charge is 0.231 e. The third-order valence-corrected chi connectivity index (χ3v) is 5.54. The van der Waals surface area contributed by atoms with E-state index < -0.39 is 5.79 Å². The highest BCUT2D eigenvalue weighted by atomic mass is 16.7. The molecule has 0 heterocycles. The summed E-state index contributed by atoms with van der Waals surface area (Å²) in [4.78, 5) is 15.5. The van der Waals surface area contributed by atoms with Crippen LogP contribution < -0.4 is 0 Å². The predicted octanol–water partition coefficient (Wildman–Crippen LogP) is 4.64. The van der Waals surface area contributed by atoms with Gasteiger partial charge in [0.1, 0.15) is 0 Å². The van der Waals surface area contributed by atoms with Crippen molar-refractivity contribution in [2.45, 2.75) is 46.1 Å². The van der Waals surface area contributed by atoms with Crippen molar-refractivity contribution < 1.29 is 14.3 Å². The van der Waals surface area contributed by atoms with Crippen LogP contribution in [0.3, 0.4) is 0 Å². The van der Waals surface area contributed by atoms with Crippen molar-refractivity contribution >= 4 is 5.91 Å². The maximum absolute atomic E-state index is 13.6. The molecule has 0 aromatic heterocycles. The van der Waals surface area contributed by atoms with Gasteiger partial charge in [-0.05, 0) is 31.4 Å². The number of amides is 1. The van der Waals surface area contributed by atoms with E-state index in [2.05, 4.69) is 31.2 Å². The lowest BCUT2D eigenvalue weighted by Crippen LogP contribution is -2.63. The van der Waals surface area contributed by atoms with Crippen LogP contribution in [0.25, 0.3) is 0 Å². The van der Waals surface area contributed by atoms with Crippen LogP contribution in [0.4, 0.5) is 0 Å². The summed E-state index contributed by atoms with van der Waals surface area (Å²) < 4.78 is 12.1. The second-order valence-electron chi connectivity index (χ2n) is 7.44. The van der Waals surface area contributed by atoms with E-state index >= 15 is 0 Å². The minimum atomic E-state index is -0.799. The molecule has 2 atom stereocenters. The molecular weight excluding hydrogens is 350 g/mol. The third-order valence-electron chi connectivity index (χ3n) is 5.54. The van der Waals surface area contributed by atoms with Crippen LogP contribution in [0.15, 0.2) is 60.7 Å². The highest BCUT2D eigenvalue weighted by Crippen LogP contribution is 2.49. The number of rotatable bonds is 9. The van der Waals surface area contributed by atoms with Gasteiger partial charge in [-0.2, -0.15) is 0 Å². The predicted molar refractivity (Wildman–Crippen MR) is 110 cm³/mol. The van der Waals surface area contributed by atoms with Crippen LogP contribution in [0.5, 0.6) is 0 Å². The van der Waals surface area contributed by atoms with Gasteiger partial charge in [-0.15, -0.1) is 0 Å². The van der Waals surface area contributed by atoms with Gasteiger partial charge >= 0.3 is 0 Å². The van der Waals surface area contributed by atoms with Gasteiger partial charge in [-0.25, -0.2) is 0 Å². The van der Waals surface area contributed by atoms with Crippen LogP contribution >= 0.6 is 0 Å². The molecule has 1 amide bonds. The second-order valence-corrected chi connectivity index (χ2v) is 7.44. The van der Waals surface area contributed by atoms with E-state index in [1.807, 2.05) is 55.1 Å². The van der Waals surface area contributed by atoms with E-state index in [0.29, 0.717) is 26.3 Å². The molecule has 0 aliphatic heterocycles. The lowest BCUT2D eigenvalue weighted by Gasteiger charge is -2.53. The van der Waals surface area contributed by atoms with Crippen LogP contribution in [-0.4, -0.2) is 29.8 Å². The summed E-state index contributed by atoms with van der Waals surface area (Å²) in [5.74, 6) is -0.758. The molecule has 3 rings (SSSR count). The largest absolute Gasteiger partial charge is 0.349 e. The molecular formula is C24H31NO3. The SMILES string of the molecule is CCOC1(OCC)[C@H](C)C[C@H]1C(=O)N(Cc1ccccc1)Cc1ccccc1. The third kappa shape index (κ3) is 4.29. The van der Waals surface area contributed by atoms with Crippen LogP contribution in [-0.2, 0) is 27.4 Å². The summed E-state index contributed by atoms with van der Waals surface area (Å²) in [5.41, 5.74) is 2.25. The zero-order valence-corrected chi connectivity index (χ0v) is 17.1. The molecule has 1 aliphatic carbocycles. The van der Waals surface area contributed by atoms with Gasteiger partial charge in [0.25, 0.3) is 0 Å². The summed E-state index contributed by atoms with van der Waals surface area (Å²) in [6.07, 6.45) is 0.791. The van der Waals surface area contributed by atoms with E-state index in [9.17, 15) is 4.79 Å². The second kappa shape index (κ2) is 9.35. The standard InChI is InChI=1S/C24H31NO3/c1-4-27-24(28-5-2)19(3)16-22(24)23(26)25(17-20-12-8-6-9-13-20)18-21-14-10-7-11-15-21/h6-15,19,22H,4-5,16-18H2,1-3H3/t19-,22+/m1/s1. The first-order chi connectivity index (χ1) is 13.6. The fraction of sp³-hybridized carbons (Fsp3) is 0.458. The van der Waals surface area contributed by atoms with Gasteiger partial charge in [0, 0.05) is 32.2 Å². The molecule has 0 unspecified atom stereocenters. The number of nitrogens with zero attached hydrogens (tertiary/aromatic N) is 1. The Labute approximate surface area is 168 Å². The molecule has 4 heteroatoms. The van der Waals surface area contributed by atoms with E-state index in [0.717, 1.165) is 17.5 Å². The first kappa shape index (κ1) is 20.6. The van der Waals surface area contributed by atoms with E-state index in [1.165, 1.54) is 0 Å². The maximum atomic E-state index is 13.6. The zero-order chi connectivity index (χ0) is 20.0. The summed E-state index contributed by atoms with van der Waals surface area (Å²) in [5, 5.41) is 0. The van der Waals surface area contributed by atoms with Crippen molar-refractivity contribution in [1.29, 1.82) is 0 Å². The van der Waals surface area contributed by atoms with Crippen LogP contribution in [0.2, 0.25) is 0 Å². The Bertz CT molecular complexity index is 699. The number of hydrogen-bond donors (Lipinski definition) is 0. The average Bonchev–Trinajstić information content (AvgIpc) is 2.72. The zero-order valence-electron chi connectivity index (χ0n) is 17.1. The van der Waals surface area contributed by atoms with Gasteiger partial charge in [0.2, 0.25) is 5.91 Å². The molecule has 4 nitrogen and oxygen atoms in total. The first-order valence-electron chi connectivity index (χ1n) is 10.2. The minimum Gasteiger partial charge on any atom is -0.349 e. The molecule has 150 valence electrons. The van der Waals surface area contributed by atoms with E-state index in [-0.39, 0.29) is 17.7 Å². The number of benzene rings is 2. The molecule has 28 heavy (non-hydrogen) atoms. The Kier molecular flexibility index (Phi) is 6.87. The lowest BCUT2D eigenvalue weighted by atomic mass is 9.68.